The summed E-state index contributed by atoms with van der Waals surface area (Å²) in [5.74, 6) is 0.204. The molecule has 1 rings (SSSR count). The predicted molar refractivity (Wildman–Crippen MR) is 45.3 cm³/mol. The number of piperidine rings is 1. The van der Waals surface area contributed by atoms with Crippen molar-refractivity contribution in [3.63, 3.8) is 0 Å². The summed E-state index contributed by atoms with van der Waals surface area (Å²) >= 11 is 0. The monoisotopic (exact) mass is 158 g/mol. The summed E-state index contributed by atoms with van der Waals surface area (Å²) < 4.78 is 0. The second kappa shape index (κ2) is 3.52. The average Bonchev–Trinajstić information content (AvgIpc) is 2.04. The predicted octanol–water partition coefficient (Wildman–Crippen LogP) is -0.304. The number of hydrogen-bond acceptors (Lipinski definition) is 3. The Bertz CT molecular complexity index is 121. The SMILES string of the molecule is CC(CN)C1(O)CCCNC1. The summed E-state index contributed by atoms with van der Waals surface area (Å²) in [5, 5.41) is 13.2. The molecule has 2 unspecified atom stereocenters. The summed E-state index contributed by atoms with van der Waals surface area (Å²) in [6, 6.07) is 0. The summed E-state index contributed by atoms with van der Waals surface area (Å²) in [6.45, 7) is 4.30. The van der Waals surface area contributed by atoms with Gasteiger partial charge < -0.3 is 16.2 Å². The van der Waals surface area contributed by atoms with Crippen LogP contribution in [-0.2, 0) is 0 Å². The molecule has 0 spiro atoms. The van der Waals surface area contributed by atoms with Crippen LogP contribution in [0.4, 0.5) is 0 Å². The number of aliphatic hydroxyl groups is 1. The minimum Gasteiger partial charge on any atom is -0.388 e. The van der Waals surface area contributed by atoms with E-state index in [-0.39, 0.29) is 5.92 Å². The molecule has 1 aliphatic rings. The van der Waals surface area contributed by atoms with E-state index in [0.29, 0.717) is 13.1 Å². The lowest BCUT2D eigenvalue weighted by atomic mass is 9.83. The van der Waals surface area contributed by atoms with E-state index < -0.39 is 5.60 Å². The Morgan fingerprint density at radius 2 is 2.45 bits per heavy atom. The highest BCUT2D eigenvalue weighted by atomic mass is 16.3. The van der Waals surface area contributed by atoms with Crippen LogP contribution in [0.5, 0.6) is 0 Å². The normalized spacial score (nSPS) is 35.2. The zero-order valence-electron chi connectivity index (χ0n) is 7.14. The van der Waals surface area contributed by atoms with Crippen LogP contribution in [0.25, 0.3) is 0 Å². The van der Waals surface area contributed by atoms with Crippen molar-refractivity contribution < 1.29 is 5.11 Å². The Morgan fingerprint density at radius 1 is 1.73 bits per heavy atom. The smallest absolute Gasteiger partial charge is 0.0809 e. The summed E-state index contributed by atoms with van der Waals surface area (Å²) in [5.41, 5.74) is 4.95. The first-order valence-corrected chi connectivity index (χ1v) is 4.32. The first-order chi connectivity index (χ1) is 5.19. The molecule has 4 N–H and O–H groups in total. The number of β-amino-alcohol motifs (C(OH)–C–C–N with tert-alkyl or cyclic N) is 1. The zero-order chi connectivity index (χ0) is 8.32. The van der Waals surface area contributed by atoms with Crippen LogP contribution >= 0.6 is 0 Å². The van der Waals surface area contributed by atoms with Crippen molar-refractivity contribution in [1.82, 2.24) is 5.32 Å². The Hall–Kier alpha value is -0.120. The van der Waals surface area contributed by atoms with Crippen LogP contribution in [0, 0.1) is 5.92 Å². The van der Waals surface area contributed by atoms with Gasteiger partial charge in [0.1, 0.15) is 0 Å². The summed E-state index contributed by atoms with van der Waals surface area (Å²) in [6.07, 6.45) is 1.94. The molecule has 0 saturated carbocycles. The van der Waals surface area contributed by atoms with Crippen molar-refractivity contribution in [3.8, 4) is 0 Å². The molecule has 1 saturated heterocycles. The molecule has 0 radical (unpaired) electrons. The quantitative estimate of drug-likeness (QED) is 0.517. The molecule has 1 aliphatic heterocycles. The maximum atomic E-state index is 10.00. The van der Waals surface area contributed by atoms with Gasteiger partial charge in [-0.1, -0.05) is 6.92 Å². The third-order valence-electron chi connectivity index (χ3n) is 2.67. The number of nitrogens with two attached hydrogens (primary N) is 1. The minimum absolute atomic E-state index is 0.204. The van der Waals surface area contributed by atoms with E-state index in [0.717, 1.165) is 19.4 Å². The van der Waals surface area contributed by atoms with E-state index in [2.05, 4.69) is 5.32 Å². The van der Waals surface area contributed by atoms with Crippen LogP contribution in [-0.4, -0.2) is 30.3 Å². The van der Waals surface area contributed by atoms with E-state index in [4.69, 9.17) is 5.73 Å². The average molecular weight is 158 g/mol. The van der Waals surface area contributed by atoms with Crippen LogP contribution in [0.15, 0.2) is 0 Å². The lowest BCUT2D eigenvalue weighted by molar-refractivity contribution is -0.0281. The van der Waals surface area contributed by atoms with Gasteiger partial charge in [0.05, 0.1) is 5.60 Å². The van der Waals surface area contributed by atoms with Crippen LogP contribution in [0.1, 0.15) is 19.8 Å². The molecule has 0 amide bonds. The fourth-order valence-electron chi connectivity index (χ4n) is 1.55. The van der Waals surface area contributed by atoms with E-state index in [1.54, 1.807) is 0 Å². The van der Waals surface area contributed by atoms with E-state index >= 15 is 0 Å². The van der Waals surface area contributed by atoms with Gasteiger partial charge in [-0.3, -0.25) is 0 Å². The molecule has 1 fully saturated rings. The van der Waals surface area contributed by atoms with Gasteiger partial charge in [-0.2, -0.15) is 0 Å². The Morgan fingerprint density at radius 3 is 2.91 bits per heavy atom. The first kappa shape index (κ1) is 8.97. The lowest BCUT2D eigenvalue weighted by Gasteiger charge is -2.37. The van der Waals surface area contributed by atoms with Crippen LogP contribution in [0.3, 0.4) is 0 Å². The standard InChI is InChI=1S/C8H18N2O/c1-7(5-9)8(11)3-2-4-10-6-8/h7,10-11H,2-6,9H2,1H3. The maximum absolute atomic E-state index is 10.00. The second-order valence-electron chi connectivity index (χ2n) is 3.52. The Kier molecular flexibility index (Phi) is 2.87. The van der Waals surface area contributed by atoms with Crippen molar-refractivity contribution in [2.24, 2.45) is 11.7 Å². The Balaban J connectivity index is 2.49. The van der Waals surface area contributed by atoms with Crippen LogP contribution in [0.2, 0.25) is 0 Å². The molecule has 11 heavy (non-hydrogen) atoms. The highest BCUT2D eigenvalue weighted by Crippen LogP contribution is 2.23. The number of rotatable bonds is 2. The van der Waals surface area contributed by atoms with Gasteiger partial charge in [-0.15, -0.1) is 0 Å². The highest BCUT2D eigenvalue weighted by Gasteiger charge is 2.33. The molecule has 0 bridgehead atoms. The molecule has 3 nitrogen and oxygen atoms in total. The van der Waals surface area contributed by atoms with Gasteiger partial charge >= 0.3 is 0 Å². The molecule has 0 aromatic rings. The Labute approximate surface area is 68.0 Å². The molecule has 66 valence electrons. The second-order valence-corrected chi connectivity index (χ2v) is 3.52. The fourth-order valence-corrected chi connectivity index (χ4v) is 1.55. The fraction of sp³-hybridized carbons (Fsp3) is 1.00. The minimum atomic E-state index is -0.549. The van der Waals surface area contributed by atoms with Crippen molar-refractivity contribution >= 4 is 0 Å². The first-order valence-electron chi connectivity index (χ1n) is 4.32. The molecule has 0 aromatic carbocycles. The number of nitrogens with one attached hydrogen (secondary N) is 1. The topological polar surface area (TPSA) is 58.3 Å². The third kappa shape index (κ3) is 1.92. The molecular formula is C8H18N2O. The van der Waals surface area contributed by atoms with Crippen molar-refractivity contribution in [2.45, 2.75) is 25.4 Å². The van der Waals surface area contributed by atoms with Crippen LogP contribution < -0.4 is 11.1 Å². The zero-order valence-corrected chi connectivity index (χ0v) is 7.14. The molecule has 1 heterocycles. The maximum Gasteiger partial charge on any atom is 0.0809 e. The van der Waals surface area contributed by atoms with E-state index in [1.165, 1.54) is 0 Å². The molecule has 2 atom stereocenters. The molecule has 3 heteroatoms. The molecule has 0 aliphatic carbocycles. The van der Waals surface area contributed by atoms with E-state index in [9.17, 15) is 5.11 Å². The highest BCUT2D eigenvalue weighted by molar-refractivity contribution is 4.89. The summed E-state index contributed by atoms with van der Waals surface area (Å²) in [7, 11) is 0. The van der Waals surface area contributed by atoms with Gasteiger partial charge in [0.15, 0.2) is 0 Å². The van der Waals surface area contributed by atoms with Gasteiger partial charge in [0, 0.05) is 6.54 Å². The third-order valence-corrected chi connectivity index (χ3v) is 2.67. The largest absolute Gasteiger partial charge is 0.388 e. The molecule has 0 aromatic heterocycles. The van der Waals surface area contributed by atoms with Crippen molar-refractivity contribution in [2.75, 3.05) is 19.6 Å². The van der Waals surface area contributed by atoms with Gasteiger partial charge in [-0.25, -0.2) is 0 Å². The van der Waals surface area contributed by atoms with Gasteiger partial charge in [-0.05, 0) is 31.8 Å². The number of hydrogen-bond donors (Lipinski definition) is 3. The van der Waals surface area contributed by atoms with E-state index in [1.807, 2.05) is 6.92 Å². The lowest BCUT2D eigenvalue weighted by Crippen LogP contribution is -2.51. The molecular weight excluding hydrogens is 140 g/mol. The van der Waals surface area contributed by atoms with Gasteiger partial charge in [0.2, 0.25) is 0 Å². The summed E-state index contributed by atoms with van der Waals surface area (Å²) in [4.78, 5) is 0. The van der Waals surface area contributed by atoms with Crippen molar-refractivity contribution in [3.05, 3.63) is 0 Å². The van der Waals surface area contributed by atoms with Gasteiger partial charge in [0.25, 0.3) is 0 Å². The van der Waals surface area contributed by atoms with Crippen molar-refractivity contribution in [1.29, 1.82) is 0 Å².